The third-order valence-electron chi connectivity index (χ3n) is 2.99. The topological polar surface area (TPSA) is 110 Å². The Morgan fingerprint density at radius 1 is 1.05 bits per heavy atom. The van der Waals surface area contributed by atoms with Gasteiger partial charge in [0, 0.05) is 12.1 Å². The molecule has 1 heterocycles. The molecule has 1 aromatic heterocycles. The van der Waals surface area contributed by atoms with Gasteiger partial charge in [-0.25, -0.2) is 13.8 Å². The SMILES string of the molecule is CC(O)[C@@H](O)[C@H](O)C(O)c1nc2cc(F)c(F)cc2[nH]1. The largest absolute Gasteiger partial charge is 0.391 e. The average Bonchev–Trinajstić information content (AvgIpc) is 2.79. The third-order valence-corrected chi connectivity index (χ3v) is 2.99. The van der Waals surface area contributed by atoms with Crippen LogP contribution in [0.3, 0.4) is 0 Å². The normalized spacial score (nSPS) is 17.9. The number of nitrogens with zero attached hydrogens (tertiary/aromatic N) is 1. The van der Waals surface area contributed by atoms with Crippen LogP contribution in [0.15, 0.2) is 12.1 Å². The monoisotopic (exact) mass is 288 g/mol. The average molecular weight is 288 g/mol. The predicted molar refractivity (Wildman–Crippen MR) is 64.7 cm³/mol. The number of hydrogen-bond acceptors (Lipinski definition) is 5. The number of rotatable bonds is 4. The summed E-state index contributed by atoms with van der Waals surface area (Å²) >= 11 is 0. The molecule has 20 heavy (non-hydrogen) atoms. The number of benzene rings is 1. The minimum Gasteiger partial charge on any atom is -0.391 e. The van der Waals surface area contributed by atoms with Gasteiger partial charge in [0.15, 0.2) is 11.6 Å². The molecule has 0 amide bonds. The lowest BCUT2D eigenvalue weighted by molar-refractivity contribution is -0.103. The molecule has 0 saturated heterocycles. The molecule has 4 atom stereocenters. The smallest absolute Gasteiger partial charge is 0.161 e. The third kappa shape index (κ3) is 2.63. The lowest BCUT2D eigenvalue weighted by Crippen LogP contribution is -2.39. The van der Waals surface area contributed by atoms with Crippen LogP contribution in [0.4, 0.5) is 8.78 Å². The van der Waals surface area contributed by atoms with E-state index < -0.39 is 36.1 Å². The first-order chi connectivity index (χ1) is 9.31. The maximum Gasteiger partial charge on any atom is 0.161 e. The second-order valence-corrected chi connectivity index (χ2v) is 4.57. The van der Waals surface area contributed by atoms with Crippen molar-refractivity contribution in [1.29, 1.82) is 0 Å². The number of aromatic nitrogens is 2. The minimum atomic E-state index is -1.70. The molecule has 0 aliphatic rings. The fraction of sp³-hybridized carbons (Fsp3) is 0.417. The van der Waals surface area contributed by atoms with Gasteiger partial charge in [0.1, 0.15) is 24.1 Å². The Kier molecular flexibility index (Phi) is 4.00. The van der Waals surface area contributed by atoms with Crippen molar-refractivity contribution < 1.29 is 29.2 Å². The molecular weight excluding hydrogens is 274 g/mol. The van der Waals surface area contributed by atoms with Crippen molar-refractivity contribution >= 4 is 11.0 Å². The summed E-state index contributed by atoms with van der Waals surface area (Å²) in [6.45, 7) is 1.24. The Morgan fingerprint density at radius 2 is 1.65 bits per heavy atom. The van der Waals surface area contributed by atoms with Gasteiger partial charge in [0.2, 0.25) is 0 Å². The molecule has 0 bridgehead atoms. The van der Waals surface area contributed by atoms with Crippen LogP contribution < -0.4 is 0 Å². The molecule has 5 N–H and O–H groups in total. The summed E-state index contributed by atoms with van der Waals surface area (Å²) in [7, 11) is 0. The highest BCUT2D eigenvalue weighted by atomic mass is 19.2. The maximum atomic E-state index is 13.0. The number of nitrogens with one attached hydrogen (secondary N) is 1. The molecule has 2 aromatic rings. The summed E-state index contributed by atoms with van der Waals surface area (Å²) in [5.41, 5.74) is 0.202. The zero-order chi connectivity index (χ0) is 15.0. The Hall–Kier alpha value is -1.61. The zero-order valence-corrected chi connectivity index (χ0v) is 10.5. The van der Waals surface area contributed by atoms with Crippen molar-refractivity contribution in [3.63, 3.8) is 0 Å². The predicted octanol–water partition coefficient (Wildman–Crippen LogP) is -0.0229. The first-order valence-electron chi connectivity index (χ1n) is 5.88. The van der Waals surface area contributed by atoms with Crippen molar-refractivity contribution in [2.24, 2.45) is 0 Å². The van der Waals surface area contributed by atoms with E-state index in [2.05, 4.69) is 9.97 Å². The molecule has 0 saturated carbocycles. The fourth-order valence-electron chi connectivity index (χ4n) is 1.80. The Labute approximate surface area is 112 Å². The van der Waals surface area contributed by atoms with Crippen LogP contribution in [0.5, 0.6) is 0 Å². The number of hydrogen-bond donors (Lipinski definition) is 5. The molecular formula is C12H14F2N2O4. The minimum absolute atomic E-state index is 0.0664. The second-order valence-electron chi connectivity index (χ2n) is 4.57. The number of aliphatic hydroxyl groups is 4. The second kappa shape index (κ2) is 5.41. The van der Waals surface area contributed by atoms with Gasteiger partial charge in [-0.05, 0) is 6.92 Å². The van der Waals surface area contributed by atoms with Gasteiger partial charge in [0.25, 0.3) is 0 Å². The summed E-state index contributed by atoms with van der Waals surface area (Å²) in [6, 6.07) is 1.71. The molecule has 1 aromatic carbocycles. The van der Waals surface area contributed by atoms with Crippen molar-refractivity contribution in [2.75, 3.05) is 0 Å². The van der Waals surface area contributed by atoms with Crippen molar-refractivity contribution in [3.05, 3.63) is 29.6 Å². The van der Waals surface area contributed by atoms with Gasteiger partial charge < -0.3 is 25.4 Å². The fourth-order valence-corrected chi connectivity index (χ4v) is 1.80. The van der Waals surface area contributed by atoms with E-state index in [1.54, 1.807) is 0 Å². The number of fused-ring (bicyclic) bond motifs is 1. The summed E-state index contributed by atoms with van der Waals surface area (Å²) in [6.07, 6.45) is -6.20. The van der Waals surface area contributed by atoms with Crippen LogP contribution >= 0.6 is 0 Å². The van der Waals surface area contributed by atoms with E-state index in [9.17, 15) is 24.1 Å². The lowest BCUT2D eigenvalue weighted by Gasteiger charge is -2.23. The van der Waals surface area contributed by atoms with E-state index in [-0.39, 0.29) is 16.9 Å². The highest BCUT2D eigenvalue weighted by Crippen LogP contribution is 2.22. The zero-order valence-electron chi connectivity index (χ0n) is 10.5. The highest BCUT2D eigenvalue weighted by molar-refractivity contribution is 5.75. The van der Waals surface area contributed by atoms with Gasteiger partial charge in [-0.1, -0.05) is 0 Å². The molecule has 0 fully saturated rings. The number of aliphatic hydroxyl groups excluding tert-OH is 4. The van der Waals surface area contributed by atoms with E-state index in [0.29, 0.717) is 0 Å². The van der Waals surface area contributed by atoms with E-state index >= 15 is 0 Å². The van der Waals surface area contributed by atoms with E-state index in [4.69, 9.17) is 5.11 Å². The summed E-state index contributed by atoms with van der Waals surface area (Å²) in [5, 5.41) is 38.1. The molecule has 110 valence electrons. The molecule has 0 aliphatic carbocycles. The van der Waals surface area contributed by atoms with Gasteiger partial charge in [0.05, 0.1) is 17.1 Å². The molecule has 2 rings (SSSR count). The molecule has 0 radical (unpaired) electrons. The van der Waals surface area contributed by atoms with Crippen molar-refractivity contribution in [2.45, 2.75) is 31.3 Å². The molecule has 8 heteroatoms. The standard InChI is InChI=1S/C12H14F2N2O4/c1-4(17)9(18)10(19)11(20)12-15-7-2-5(13)6(14)3-8(7)16-12/h2-4,9-11,17-20H,1H3,(H,15,16)/t4?,9-,10+,11?/m1/s1. The van der Waals surface area contributed by atoms with E-state index in [1.165, 1.54) is 6.92 Å². The Balaban J connectivity index is 2.33. The van der Waals surface area contributed by atoms with Crippen LogP contribution in [0.2, 0.25) is 0 Å². The summed E-state index contributed by atoms with van der Waals surface area (Å²) in [4.78, 5) is 6.33. The number of H-pyrrole nitrogens is 1. The first kappa shape index (κ1) is 14.8. The van der Waals surface area contributed by atoms with Crippen LogP contribution in [0, 0.1) is 11.6 Å². The Bertz CT molecular complexity index is 578. The van der Waals surface area contributed by atoms with Crippen LogP contribution in [-0.2, 0) is 0 Å². The number of halogens is 2. The lowest BCUT2D eigenvalue weighted by atomic mass is 10.0. The number of imidazole rings is 1. The number of aromatic amines is 1. The summed E-state index contributed by atoms with van der Waals surface area (Å²) < 4.78 is 26.1. The first-order valence-corrected chi connectivity index (χ1v) is 5.88. The molecule has 6 nitrogen and oxygen atoms in total. The molecule has 2 unspecified atom stereocenters. The van der Waals surface area contributed by atoms with Crippen LogP contribution in [0.1, 0.15) is 18.9 Å². The highest BCUT2D eigenvalue weighted by Gasteiger charge is 2.31. The van der Waals surface area contributed by atoms with Gasteiger partial charge in [-0.2, -0.15) is 0 Å². The van der Waals surface area contributed by atoms with Crippen molar-refractivity contribution in [1.82, 2.24) is 9.97 Å². The van der Waals surface area contributed by atoms with E-state index in [0.717, 1.165) is 12.1 Å². The maximum absolute atomic E-state index is 13.0. The van der Waals surface area contributed by atoms with Gasteiger partial charge in [-0.3, -0.25) is 0 Å². The van der Waals surface area contributed by atoms with E-state index in [1.807, 2.05) is 0 Å². The van der Waals surface area contributed by atoms with Gasteiger partial charge >= 0.3 is 0 Å². The quantitative estimate of drug-likeness (QED) is 0.543. The van der Waals surface area contributed by atoms with Crippen LogP contribution in [-0.4, -0.2) is 48.7 Å². The molecule has 0 spiro atoms. The summed E-state index contributed by atoms with van der Waals surface area (Å²) in [5.74, 6) is -2.33. The van der Waals surface area contributed by atoms with Crippen molar-refractivity contribution in [3.8, 4) is 0 Å². The molecule has 0 aliphatic heterocycles. The van der Waals surface area contributed by atoms with Gasteiger partial charge in [-0.15, -0.1) is 0 Å². The Morgan fingerprint density at radius 3 is 2.25 bits per heavy atom. The van der Waals surface area contributed by atoms with Crippen LogP contribution in [0.25, 0.3) is 11.0 Å².